The van der Waals surface area contributed by atoms with E-state index in [0.29, 0.717) is 5.56 Å². The Balaban J connectivity index is 2.33. The van der Waals surface area contributed by atoms with Gasteiger partial charge in [0.25, 0.3) is 5.92 Å². The van der Waals surface area contributed by atoms with Gasteiger partial charge in [-0.15, -0.1) is 11.3 Å². The smallest absolute Gasteiger partial charge is 0.264 e. The minimum Gasteiger partial charge on any atom is -0.264 e. The van der Waals surface area contributed by atoms with Crippen molar-refractivity contribution in [2.75, 3.05) is 0 Å². The maximum absolute atomic E-state index is 14.0. The molecule has 2 nitrogen and oxygen atoms in total. The van der Waals surface area contributed by atoms with E-state index < -0.39 is 5.92 Å². The molecule has 0 fully saturated rings. The van der Waals surface area contributed by atoms with Crippen LogP contribution < -0.4 is 0 Å². The highest BCUT2D eigenvalue weighted by molar-refractivity contribution is 7.12. The molecule has 0 atom stereocenters. The van der Waals surface area contributed by atoms with Crippen LogP contribution in [0.25, 0.3) is 11.3 Å². The highest BCUT2D eigenvalue weighted by Crippen LogP contribution is 2.46. The molecule has 2 aromatic rings. The van der Waals surface area contributed by atoms with Crippen molar-refractivity contribution in [1.82, 2.24) is 9.78 Å². The Morgan fingerprint density at radius 2 is 2.18 bits per heavy atom. The first-order valence-electron chi connectivity index (χ1n) is 5.50. The molecule has 0 aromatic carbocycles. The van der Waals surface area contributed by atoms with Crippen LogP contribution in [0.1, 0.15) is 21.7 Å². The standard InChI is InChI=1S/C12H12F2N2S/c1-7-6-15-16-4-3-12(13,14)11-9(10(7)16)5-8(2)17-11/h5-6H,3-4H2,1-2H3. The average Bonchev–Trinajstić information content (AvgIpc) is 2.77. The van der Waals surface area contributed by atoms with Crippen molar-refractivity contribution in [3.05, 3.63) is 27.6 Å². The number of fused-ring (bicyclic) bond motifs is 3. The Kier molecular flexibility index (Phi) is 2.17. The molecule has 0 spiro atoms. The van der Waals surface area contributed by atoms with Crippen molar-refractivity contribution >= 4 is 11.3 Å². The topological polar surface area (TPSA) is 17.8 Å². The molecule has 0 bridgehead atoms. The minimum absolute atomic E-state index is 0.173. The summed E-state index contributed by atoms with van der Waals surface area (Å²) in [7, 11) is 0. The van der Waals surface area contributed by atoms with Crippen LogP contribution in [0, 0.1) is 13.8 Å². The van der Waals surface area contributed by atoms with Gasteiger partial charge in [0.15, 0.2) is 0 Å². The Morgan fingerprint density at radius 1 is 1.41 bits per heavy atom. The normalized spacial score (nSPS) is 17.4. The Hall–Kier alpha value is -1.23. The van der Waals surface area contributed by atoms with E-state index in [-0.39, 0.29) is 17.8 Å². The van der Waals surface area contributed by atoms with Crippen LogP contribution in [0.3, 0.4) is 0 Å². The number of aromatic nitrogens is 2. The maximum atomic E-state index is 14.0. The van der Waals surface area contributed by atoms with Gasteiger partial charge in [0.1, 0.15) is 0 Å². The van der Waals surface area contributed by atoms with Gasteiger partial charge in [0, 0.05) is 23.4 Å². The first-order valence-corrected chi connectivity index (χ1v) is 6.32. The molecular formula is C12H12F2N2S. The molecule has 17 heavy (non-hydrogen) atoms. The number of thiophene rings is 1. The third kappa shape index (κ3) is 1.52. The van der Waals surface area contributed by atoms with Gasteiger partial charge in [-0.3, -0.25) is 4.68 Å². The van der Waals surface area contributed by atoms with E-state index in [1.807, 2.05) is 19.9 Å². The van der Waals surface area contributed by atoms with Crippen molar-refractivity contribution in [1.29, 1.82) is 0 Å². The second-order valence-electron chi connectivity index (χ2n) is 4.45. The van der Waals surface area contributed by atoms with Gasteiger partial charge in [-0.2, -0.15) is 5.10 Å². The van der Waals surface area contributed by atoms with Crippen LogP contribution in [-0.4, -0.2) is 9.78 Å². The van der Waals surface area contributed by atoms with E-state index >= 15 is 0 Å². The summed E-state index contributed by atoms with van der Waals surface area (Å²) in [5.74, 6) is -2.73. The van der Waals surface area contributed by atoms with E-state index in [1.165, 1.54) is 11.3 Å². The van der Waals surface area contributed by atoms with Crippen LogP contribution in [-0.2, 0) is 12.5 Å². The van der Waals surface area contributed by atoms with Gasteiger partial charge in [0.05, 0.1) is 16.8 Å². The number of nitrogens with zero attached hydrogens (tertiary/aromatic N) is 2. The van der Waals surface area contributed by atoms with Gasteiger partial charge in [-0.1, -0.05) is 0 Å². The fourth-order valence-corrected chi connectivity index (χ4v) is 3.34. The maximum Gasteiger partial charge on any atom is 0.284 e. The third-order valence-electron chi connectivity index (χ3n) is 3.10. The zero-order valence-corrected chi connectivity index (χ0v) is 10.4. The van der Waals surface area contributed by atoms with Gasteiger partial charge in [-0.05, 0) is 25.5 Å². The fraction of sp³-hybridized carbons (Fsp3) is 0.417. The number of rotatable bonds is 0. The van der Waals surface area contributed by atoms with E-state index in [1.54, 1.807) is 10.9 Å². The molecule has 5 heteroatoms. The van der Waals surface area contributed by atoms with E-state index in [2.05, 4.69) is 5.10 Å². The van der Waals surface area contributed by atoms with E-state index in [0.717, 1.165) is 16.1 Å². The zero-order valence-electron chi connectivity index (χ0n) is 9.63. The Labute approximate surface area is 102 Å². The summed E-state index contributed by atoms with van der Waals surface area (Å²) >= 11 is 1.20. The van der Waals surface area contributed by atoms with Crippen molar-refractivity contribution in [3.63, 3.8) is 0 Å². The van der Waals surface area contributed by atoms with Crippen molar-refractivity contribution in [2.45, 2.75) is 32.7 Å². The number of alkyl halides is 2. The molecule has 3 rings (SSSR count). The fourth-order valence-electron chi connectivity index (χ4n) is 2.32. The van der Waals surface area contributed by atoms with Crippen LogP contribution in [0.2, 0.25) is 0 Å². The molecule has 2 aromatic heterocycles. The highest BCUT2D eigenvalue weighted by atomic mass is 32.1. The second-order valence-corrected chi connectivity index (χ2v) is 5.71. The summed E-state index contributed by atoms with van der Waals surface area (Å²) in [5, 5.41) is 4.18. The Bertz CT molecular complexity index is 583. The van der Waals surface area contributed by atoms with Gasteiger partial charge in [-0.25, -0.2) is 8.78 Å². The third-order valence-corrected chi connectivity index (χ3v) is 4.27. The lowest BCUT2D eigenvalue weighted by atomic mass is 10.1. The quantitative estimate of drug-likeness (QED) is 0.700. The Morgan fingerprint density at radius 3 is 2.94 bits per heavy atom. The van der Waals surface area contributed by atoms with E-state index in [9.17, 15) is 8.78 Å². The van der Waals surface area contributed by atoms with Crippen molar-refractivity contribution in [3.8, 4) is 11.3 Å². The molecule has 0 saturated carbocycles. The summed E-state index contributed by atoms with van der Waals surface area (Å²) in [6, 6.07) is 1.85. The molecule has 0 amide bonds. The summed E-state index contributed by atoms with van der Waals surface area (Å²) in [6.45, 7) is 4.06. The van der Waals surface area contributed by atoms with Crippen LogP contribution >= 0.6 is 11.3 Å². The lowest BCUT2D eigenvalue weighted by Gasteiger charge is -2.12. The lowest BCUT2D eigenvalue weighted by molar-refractivity contribution is -0.0122. The predicted octanol–water partition coefficient (Wildman–Crippen LogP) is 3.72. The molecule has 0 saturated heterocycles. The summed E-state index contributed by atoms with van der Waals surface area (Å²) < 4.78 is 29.7. The van der Waals surface area contributed by atoms with E-state index in [4.69, 9.17) is 0 Å². The molecular weight excluding hydrogens is 242 g/mol. The second kappa shape index (κ2) is 3.38. The summed E-state index contributed by atoms with van der Waals surface area (Å²) in [6.07, 6.45) is 1.57. The molecule has 3 heterocycles. The first kappa shape index (κ1) is 10.9. The monoisotopic (exact) mass is 254 g/mol. The summed E-state index contributed by atoms with van der Waals surface area (Å²) in [5.41, 5.74) is 2.47. The number of hydrogen-bond donors (Lipinski definition) is 0. The largest absolute Gasteiger partial charge is 0.284 e. The zero-order chi connectivity index (χ0) is 12.2. The van der Waals surface area contributed by atoms with Gasteiger partial charge < -0.3 is 0 Å². The molecule has 0 radical (unpaired) electrons. The lowest BCUT2D eigenvalue weighted by Crippen LogP contribution is -2.13. The number of halogens is 2. The predicted molar refractivity (Wildman–Crippen MR) is 63.5 cm³/mol. The van der Waals surface area contributed by atoms with Gasteiger partial charge >= 0.3 is 0 Å². The highest BCUT2D eigenvalue weighted by Gasteiger charge is 2.39. The van der Waals surface area contributed by atoms with Crippen LogP contribution in [0.15, 0.2) is 12.3 Å². The van der Waals surface area contributed by atoms with Gasteiger partial charge in [0.2, 0.25) is 0 Å². The summed E-state index contributed by atoms with van der Waals surface area (Å²) in [4.78, 5) is 1.11. The molecule has 90 valence electrons. The van der Waals surface area contributed by atoms with Crippen molar-refractivity contribution < 1.29 is 8.78 Å². The molecule has 1 aliphatic rings. The SMILES string of the molecule is Cc1cc2c(s1)C(F)(F)CCn1ncc(C)c1-2. The van der Waals surface area contributed by atoms with Crippen LogP contribution in [0.5, 0.6) is 0 Å². The average molecular weight is 254 g/mol. The number of hydrogen-bond acceptors (Lipinski definition) is 2. The van der Waals surface area contributed by atoms with Crippen molar-refractivity contribution in [2.24, 2.45) is 0 Å². The molecule has 0 N–H and O–H groups in total. The molecule has 0 unspecified atom stereocenters. The minimum atomic E-state index is -2.73. The molecule has 0 aliphatic carbocycles. The number of aryl methyl sites for hydroxylation is 3. The first-order chi connectivity index (χ1) is 7.99. The van der Waals surface area contributed by atoms with Crippen LogP contribution in [0.4, 0.5) is 8.78 Å². The molecule has 1 aliphatic heterocycles.